The lowest BCUT2D eigenvalue weighted by atomic mass is 9.78. The number of esters is 1. The molecule has 1 aromatic heterocycles. The molecule has 2 bridgehead atoms. The highest BCUT2D eigenvalue weighted by molar-refractivity contribution is 5.82. The van der Waals surface area contributed by atoms with E-state index in [1.165, 1.54) is 17.2 Å². The molecule has 10 heteroatoms. The number of aryl methyl sites for hydroxylation is 1. The molecular weight excluding hydrogens is 608 g/mol. The number of allylic oxidation sites excluding steroid dienone is 1. The zero-order valence-electron chi connectivity index (χ0n) is 26.5. The summed E-state index contributed by atoms with van der Waals surface area (Å²) in [5.74, 6) is 2.49. The van der Waals surface area contributed by atoms with E-state index in [2.05, 4.69) is 52.2 Å². The third-order valence-corrected chi connectivity index (χ3v) is 10.6. The summed E-state index contributed by atoms with van der Waals surface area (Å²) >= 11 is 0. The zero-order valence-corrected chi connectivity index (χ0v) is 26.5. The molecule has 5 atom stereocenters. The Balaban J connectivity index is 1.04. The summed E-state index contributed by atoms with van der Waals surface area (Å²) in [6.07, 6.45) is 8.03. The van der Waals surface area contributed by atoms with Crippen molar-refractivity contribution in [1.82, 2.24) is 14.8 Å². The van der Waals surface area contributed by atoms with Crippen LogP contribution in [0.4, 0.5) is 0 Å². The second-order valence-electron chi connectivity index (χ2n) is 13.1. The molecule has 1 saturated heterocycles. The van der Waals surface area contributed by atoms with E-state index in [-0.39, 0.29) is 44.4 Å². The number of pyridine rings is 1. The van der Waals surface area contributed by atoms with Gasteiger partial charge in [0, 0.05) is 29.7 Å². The van der Waals surface area contributed by atoms with Gasteiger partial charge >= 0.3 is 5.97 Å². The average molecular weight is 643 g/mol. The lowest BCUT2D eigenvalue weighted by Crippen LogP contribution is -2.66. The minimum absolute atomic E-state index is 0.0150. The van der Waals surface area contributed by atoms with Crippen LogP contribution in [0.2, 0.25) is 0 Å². The van der Waals surface area contributed by atoms with Crippen LogP contribution in [0.3, 0.4) is 0 Å². The SMILES string of the molecule is CN1C2CCc3cc4c(cc3C1C1Cc3cc5c(cc3C(COC(=O)C=CCc3cnc6ccccc6c3)N1C2C#N)OCO5)OCO4. The van der Waals surface area contributed by atoms with E-state index in [1.807, 2.05) is 42.6 Å². The van der Waals surface area contributed by atoms with Crippen LogP contribution in [0, 0.1) is 11.3 Å². The van der Waals surface area contributed by atoms with Gasteiger partial charge in [-0.15, -0.1) is 0 Å². The van der Waals surface area contributed by atoms with Crippen LogP contribution in [0.1, 0.15) is 46.3 Å². The number of nitriles is 1. The number of carbonyl (C=O) groups is 1. The van der Waals surface area contributed by atoms with Gasteiger partial charge in [-0.25, -0.2) is 4.79 Å². The zero-order chi connectivity index (χ0) is 32.4. The van der Waals surface area contributed by atoms with Gasteiger partial charge in [-0.05, 0) is 96.9 Å². The van der Waals surface area contributed by atoms with Crippen molar-refractivity contribution in [2.45, 2.75) is 55.9 Å². The molecule has 5 unspecified atom stereocenters. The van der Waals surface area contributed by atoms with Crippen molar-refractivity contribution in [2.75, 3.05) is 27.2 Å². The van der Waals surface area contributed by atoms with Gasteiger partial charge in [-0.3, -0.25) is 14.8 Å². The van der Waals surface area contributed by atoms with Crippen LogP contribution < -0.4 is 18.9 Å². The molecule has 5 aliphatic rings. The highest BCUT2D eigenvalue weighted by atomic mass is 16.7. The minimum Gasteiger partial charge on any atom is -0.460 e. The van der Waals surface area contributed by atoms with Gasteiger partial charge < -0.3 is 23.7 Å². The predicted octanol–water partition coefficient (Wildman–Crippen LogP) is 5.20. The summed E-state index contributed by atoms with van der Waals surface area (Å²) in [6.45, 7) is 0.478. The summed E-state index contributed by atoms with van der Waals surface area (Å²) in [4.78, 5) is 22.4. The first-order valence-corrected chi connectivity index (χ1v) is 16.5. The number of carbonyl (C=O) groups excluding carboxylic acids is 1. The molecule has 10 nitrogen and oxygen atoms in total. The topological polar surface area (TPSA) is 106 Å². The molecule has 3 aromatic carbocycles. The average Bonchev–Trinajstić information content (AvgIpc) is 3.74. The minimum atomic E-state index is -0.425. The molecule has 6 heterocycles. The van der Waals surface area contributed by atoms with Gasteiger partial charge in [0.2, 0.25) is 13.6 Å². The lowest BCUT2D eigenvalue weighted by Gasteiger charge is -2.57. The van der Waals surface area contributed by atoms with Gasteiger partial charge in [-0.2, -0.15) is 5.26 Å². The fourth-order valence-corrected chi connectivity index (χ4v) is 8.42. The number of ether oxygens (including phenoxy) is 5. The molecule has 4 aromatic rings. The first-order chi connectivity index (χ1) is 23.6. The van der Waals surface area contributed by atoms with Crippen LogP contribution in [-0.2, 0) is 28.8 Å². The van der Waals surface area contributed by atoms with E-state index in [1.54, 1.807) is 0 Å². The quantitative estimate of drug-likeness (QED) is 0.213. The van der Waals surface area contributed by atoms with Crippen molar-refractivity contribution < 1.29 is 28.5 Å². The second kappa shape index (κ2) is 11.5. The van der Waals surface area contributed by atoms with Crippen LogP contribution in [0.25, 0.3) is 10.9 Å². The Bertz CT molecular complexity index is 2020. The first kappa shape index (κ1) is 29.1. The number of benzene rings is 3. The normalized spacial score (nSPS) is 25.2. The number of hydrogen-bond acceptors (Lipinski definition) is 10. The number of piperazine rings is 1. The number of para-hydroxylation sites is 1. The van der Waals surface area contributed by atoms with Crippen molar-refractivity contribution in [3.63, 3.8) is 0 Å². The van der Waals surface area contributed by atoms with E-state index >= 15 is 0 Å². The maximum absolute atomic E-state index is 13.2. The number of rotatable bonds is 5. The number of fused-ring (bicyclic) bond motifs is 10. The maximum Gasteiger partial charge on any atom is 0.330 e. The standard InChI is InChI=1S/C38H34N4O6/c1-41-29-10-9-23-13-33-36(48-20-45-33)16-27(23)38(41)30-12-25-14-34-35(47-21-46-34)15-26(25)32(42(30)31(29)17-39)19-44-37(43)8-4-5-22-11-24-6-2-3-7-28(24)40-18-22/h2-4,6-8,11,13-16,18,29-32,38H,5,9-10,12,19-21H2,1H3. The lowest BCUT2D eigenvalue weighted by molar-refractivity contribution is -0.143. The Labute approximate surface area is 278 Å². The number of nitrogens with zero attached hydrogens (tertiary/aromatic N) is 4. The van der Waals surface area contributed by atoms with Gasteiger partial charge in [-0.1, -0.05) is 24.3 Å². The molecule has 0 amide bonds. The van der Waals surface area contributed by atoms with Gasteiger partial charge in [0.25, 0.3) is 0 Å². The molecule has 5 aliphatic heterocycles. The van der Waals surface area contributed by atoms with E-state index in [9.17, 15) is 10.1 Å². The van der Waals surface area contributed by atoms with Crippen LogP contribution >= 0.6 is 0 Å². The third-order valence-electron chi connectivity index (χ3n) is 10.6. The molecule has 242 valence electrons. The molecular formula is C38H34N4O6. The number of hydrogen-bond donors (Lipinski definition) is 0. The molecule has 0 aliphatic carbocycles. The monoisotopic (exact) mass is 642 g/mol. The number of aromatic nitrogens is 1. The fourth-order valence-electron chi connectivity index (χ4n) is 8.42. The van der Waals surface area contributed by atoms with Gasteiger partial charge in [0.05, 0.1) is 23.7 Å². The summed E-state index contributed by atoms with van der Waals surface area (Å²) in [7, 11) is 2.14. The van der Waals surface area contributed by atoms with Gasteiger partial charge in [0.15, 0.2) is 23.0 Å². The second-order valence-corrected chi connectivity index (χ2v) is 13.1. The Morgan fingerprint density at radius 2 is 1.71 bits per heavy atom. The van der Waals surface area contributed by atoms with E-state index in [4.69, 9.17) is 23.7 Å². The fraction of sp³-hybridized carbons (Fsp3) is 0.342. The first-order valence-electron chi connectivity index (χ1n) is 16.5. The Hall–Kier alpha value is -5.11. The summed E-state index contributed by atoms with van der Waals surface area (Å²) in [5.41, 5.74) is 6.48. The Morgan fingerprint density at radius 1 is 0.979 bits per heavy atom. The molecule has 0 spiro atoms. The number of likely N-dealkylation sites (N-methyl/N-ethyl adjacent to an activating group) is 1. The summed E-state index contributed by atoms with van der Waals surface area (Å²) < 4.78 is 29.1. The van der Waals surface area contributed by atoms with E-state index < -0.39 is 12.0 Å². The summed E-state index contributed by atoms with van der Waals surface area (Å²) in [6, 6.07) is 20.2. The van der Waals surface area contributed by atoms with Crippen LogP contribution in [0.15, 0.2) is 72.9 Å². The largest absolute Gasteiger partial charge is 0.460 e. The molecule has 48 heavy (non-hydrogen) atoms. The van der Waals surface area contributed by atoms with Crippen LogP contribution in [-0.4, -0.2) is 66.1 Å². The Morgan fingerprint density at radius 3 is 2.50 bits per heavy atom. The highest BCUT2D eigenvalue weighted by Crippen LogP contribution is 2.52. The Kier molecular flexibility index (Phi) is 6.99. The molecule has 1 fully saturated rings. The molecule has 0 saturated carbocycles. The molecule has 9 rings (SSSR count). The van der Waals surface area contributed by atoms with Crippen molar-refractivity contribution in [3.8, 4) is 29.1 Å². The summed E-state index contributed by atoms with van der Waals surface area (Å²) in [5, 5.41) is 11.8. The van der Waals surface area contributed by atoms with Crippen molar-refractivity contribution in [2.24, 2.45) is 0 Å². The van der Waals surface area contributed by atoms with Crippen molar-refractivity contribution >= 4 is 16.9 Å². The van der Waals surface area contributed by atoms with Crippen molar-refractivity contribution in [1.29, 1.82) is 5.26 Å². The highest BCUT2D eigenvalue weighted by Gasteiger charge is 2.53. The van der Waals surface area contributed by atoms with Crippen molar-refractivity contribution in [3.05, 3.63) is 101 Å². The smallest absolute Gasteiger partial charge is 0.330 e. The molecule has 0 radical (unpaired) electrons. The maximum atomic E-state index is 13.2. The van der Waals surface area contributed by atoms with Crippen LogP contribution in [0.5, 0.6) is 23.0 Å². The third kappa shape index (κ3) is 4.76. The van der Waals surface area contributed by atoms with E-state index in [0.717, 1.165) is 51.9 Å². The molecule has 0 N–H and O–H groups in total. The van der Waals surface area contributed by atoms with E-state index in [0.29, 0.717) is 24.3 Å². The predicted molar refractivity (Wildman–Crippen MR) is 175 cm³/mol. The van der Waals surface area contributed by atoms with Gasteiger partial charge in [0.1, 0.15) is 12.6 Å².